The van der Waals surface area contributed by atoms with Gasteiger partial charge in [0, 0.05) is 30.8 Å². The molecule has 3 rings (SSSR count). The summed E-state index contributed by atoms with van der Waals surface area (Å²) in [5.41, 5.74) is 1.29. The van der Waals surface area contributed by atoms with Crippen molar-refractivity contribution < 1.29 is 14.5 Å². The number of carbonyl (C=O) groups is 2. The summed E-state index contributed by atoms with van der Waals surface area (Å²) in [5, 5.41) is 13.5. The van der Waals surface area contributed by atoms with Crippen LogP contribution in [0.4, 0.5) is 5.69 Å². The van der Waals surface area contributed by atoms with E-state index in [1.807, 2.05) is 36.4 Å². The van der Waals surface area contributed by atoms with Crippen LogP contribution in [0.5, 0.6) is 0 Å². The van der Waals surface area contributed by atoms with E-state index in [-0.39, 0.29) is 22.9 Å². The Morgan fingerprint density at radius 2 is 1.63 bits per heavy atom. The van der Waals surface area contributed by atoms with Crippen LogP contribution in [0.2, 0.25) is 0 Å². The number of nitrogens with zero attached hydrogens (tertiary/aromatic N) is 2. The van der Waals surface area contributed by atoms with Gasteiger partial charge in [0.05, 0.1) is 4.92 Å². The Balaban J connectivity index is 1.79. The van der Waals surface area contributed by atoms with E-state index in [2.05, 4.69) is 5.32 Å². The first-order valence-corrected chi connectivity index (χ1v) is 9.83. The second kappa shape index (κ2) is 10.2. The summed E-state index contributed by atoms with van der Waals surface area (Å²) in [7, 11) is 0. The molecular formula is C23H23N3O4. The molecular weight excluding hydrogens is 382 g/mol. The lowest BCUT2D eigenvalue weighted by molar-refractivity contribution is -0.384. The molecule has 1 aliphatic heterocycles. The van der Waals surface area contributed by atoms with Crippen LogP contribution in [-0.4, -0.2) is 34.7 Å². The molecule has 1 saturated heterocycles. The van der Waals surface area contributed by atoms with E-state index >= 15 is 0 Å². The Hall–Kier alpha value is -3.74. The van der Waals surface area contributed by atoms with Crippen molar-refractivity contribution in [2.75, 3.05) is 13.1 Å². The molecule has 7 heteroatoms. The predicted octanol–water partition coefficient (Wildman–Crippen LogP) is 3.93. The van der Waals surface area contributed by atoms with Crippen LogP contribution in [-0.2, 0) is 4.79 Å². The molecule has 2 aromatic carbocycles. The van der Waals surface area contributed by atoms with E-state index in [0.29, 0.717) is 13.1 Å². The van der Waals surface area contributed by atoms with Crippen molar-refractivity contribution in [2.45, 2.75) is 19.3 Å². The number of benzene rings is 2. The van der Waals surface area contributed by atoms with E-state index in [0.717, 1.165) is 24.8 Å². The van der Waals surface area contributed by atoms with Crippen LogP contribution in [0.15, 0.2) is 72.4 Å². The van der Waals surface area contributed by atoms with Crippen molar-refractivity contribution >= 4 is 23.6 Å². The molecule has 154 valence electrons. The second-order valence-electron chi connectivity index (χ2n) is 6.96. The Bertz CT molecular complexity index is 960. The molecule has 1 aliphatic rings. The van der Waals surface area contributed by atoms with Crippen molar-refractivity contribution in [1.82, 2.24) is 10.2 Å². The fraction of sp³-hybridized carbons (Fsp3) is 0.217. The van der Waals surface area contributed by atoms with Gasteiger partial charge >= 0.3 is 0 Å². The standard InChI is InChI=1S/C23H23N3O4/c27-22(19-12-14-20(15-13-19)26(29)30)24-21(23(28)25-16-5-2-6-17-25)11-7-10-18-8-3-1-4-9-18/h1,3-4,7-15H,2,5-6,16-17H2,(H,24,27)/b10-7+,21-11+. The van der Waals surface area contributed by atoms with Gasteiger partial charge in [0.15, 0.2) is 0 Å². The second-order valence-corrected chi connectivity index (χ2v) is 6.96. The highest BCUT2D eigenvalue weighted by molar-refractivity contribution is 6.03. The molecule has 0 radical (unpaired) electrons. The maximum absolute atomic E-state index is 13.0. The van der Waals surface area contributed by atoms with Gasteiger partial charge in [0.25, 0.3) is 17.5 Å². The van der Waals surface area contributed by atoms with Crippen molar-refractivity contribution in [3.8, 4) is 0 Å². The van der Waals surface area contributed by atoms with Crippen molar-refractivity contribution in [3.63, 3.8) is 0 Å². The van der Waals surface area contributed by atoms with Gasteiger partial charge in [-0.15, -0.1) is 0 Å². The minimum Gasteiger partial charge on any atom is -0.337 e. The van der Waals surface area contributed by atoms with Crippen LogP contribution in [0.1, 0.15) is 35.2 Å². The number of piperidine rings is 1. The van der Waals surface area contributed by atoms with E-state index < -0.39 is 10.8 Å². The molecule has 0 saturated carbocycles. The fourth-order valence-electron chi connectivity index (χ4n) is 3.18. The number of carbonyl (C=O) groups excluding carboxylic acids is 2. The lowest BCUT2D eigenvalue weighted by Crippen LogP contribution is -2.41. The third-order valence-corrected chi connectivity index (χ3v) is 4.81. The molecule has 30 heavy (non-hydrogen) atoms. The summed E-state index contributed by atoms with van der Waals surface area (Å²) in [6.07, 6.45) is 8.13. The van der Waals surface area contributed by atoms with Gasteiger partial charge in [0.1, 0.15) is 5.70 Å². The summed E-state index contributed by atoms with van der Waals surface area (Å²) in [6.45, 7) is 1.32. The molecule has 0 aliphatic carbocycles. The predicted molar refractivity (Wildman–Crippen MR) is 115 cm³/mol. The first-order valence-electron chi connectivity index (χ1n) is 9.83. The monoisotopic (exact) mass is 405 g/mol. The molecule has 0 spiro atoms. The molecule has 1 fully saturated rings. The lowest BCUT2D eigenvalue weighted by atomic mass is 10.1. The van der Waals surface area contributed by atoms with Gasteiger partial charge in [-0.1, -0.05) is 42.5 Å². The molecule has 2 aromatic rings. The Kier molecular flexibility index (Phi) is 7.10. The number of nitro groups is 1. The van der Waals surface area contributed by atoms with Gasteiger partial charge in [0.2, 0.25) is 0 Å². The smallest absolute Gasteiger partial charge is 0.270 e. The van der Waals surface area contributed by atoms with Gasteiger partial charge < -0.3 is 10.2 Å². The third kappa shape index (κ3) is 5.64. The number of allylic oxidation sites excluding steroid dienone is 2. The first kappa shape index (κ1) is 21.0. The molecule has 1 heterocycles. The van der Waals surface area contributed by atoms with Gasteiger partial charge in [-0.05, 0) is 43.0 Å². The van der Waals surface area contributed by atoms with E-state index in [1.54, 1.807) is 17.1 Å². The minimum absolute atomic E-state index is 0.0995. The Labute approximate surface area is 174 Å². The molecule has 0 atom stereocenters. The normalized spacial score (nSPS) is 14.5. The average Bonchev–Trinajstić information content (AvgIpc) is 2.79. The summed E-state index contributed by atoms with van der Waals surface area (Å²) in [5.74, 6) is -0.725. The van der Waals surface area contributed by atoms with E-state index in [1.165, 1.54) is 24.3 Å². The maximum atomic E-state index is 13.0. The molecule has 0 bridgehead atoms. The van der Waals surface area contributed by atoms with E-state index in [9.17, 15) is 19.7 Å². The Morgan fingerprint density at radius 3 is 2.27 bits per heavy atom. The topological polar surface area (TPSA) is 92.6 Å². The number of hydrogen-bond acceptors (Lipinski definition) is 4. The number of rotatable bonds is 6. The van der Waals surface area contributed by atoms with Crippen molar-refractivity contribution in [2.24, 2.45) is 0 Å². The molecule has 2 amide bonds. The molecule has 7 nitrogen and oxygen atoms in total. The summed E-state index contributed by atoms with van der Waals surface area (Å²) >= 11 is 0. The summed E-state index contributed by atoms with van der Waals surface area (Å²) in [6, 6.07) is 14.9. The molecule has 1 N–H and O–H groups in total. The molecule has 0 unspecified atom stereocenters. The number of non-ortho nitro benzene ring substituents is 1. The van der Waals surface area contributed by atoms with Crippen LogP contribution < -0.4 is 5.32 Å². The first-order chi connectivity index (χ1) is 14.5. The zero-order valence-corrected chi connectivity index (χ0v) is 16.5. The van der Waals surface area contributed by atoms with Crippen LogP contribution in [0.25, 0.3) is 6.08 Å². The number of nitrogens with one attached hydrogen (secondary N) is 1. The van der Waals surface area contributed by atoms with Gasteiger partial charge in [-0.3, -0.25) is 19.7 Å². The quantitative estimate of drug-likeness (QED) is 0.341. The van der Waals surface area contributed by atoms with E-state index in [4.69, 9.17) is 0 Å². The lowest BCUT2D eigenvalue weighted by Gasteiger charge is -2.27. The summed E-state index contributed by atoms with van der Waals surface area (Å²) < 4.78 is 0. The highest BCUT2D eigenvalue weighted by Crippen LogP contribution is 2.14. The highest BCUT2D eigenvalue weighted by Gasteiger charge is 2.22. The number of nitro benzene ring substituents is 1. The highest BCUT2D eigenvalue weighted by atomic mass is 16.6. The third-order valence-electron chi connectivity index (χ3n) is 4.81. The number of amides is 2. The average molecular weight is 405 g/mol. The Morgan fingerprint density at radius 1 is 0.967 bits per heavy atom. The maximum Gasteiger partial charge on any atom is 0.270 e. The number of likely N-dealkylation sites (tertiary alicyclic amines) is 1. The minimum atomic E-state index is -0.527. The molecule has 0 aromatic heterocycles. The summed E-state index contributed by atoms with van der Waals surface area (Å²) in [4.78, 5) is 37.6. The van der Waals surface area contributed by atoms with Crippen LogP contribution >= 0.6 is 0 Å². The van der Waals surface area contributed by atoms with Gasteiger partial charge in [-0.2, -0.15) is 0 Å². The zero-order valence-electron chi connectivity index (χ0n) is 16.5. The number of hydrogen-bond donors (Lipinski definition) is 1. The largest absolute Gasteiger partial charge is 0.337 e. The van der Waals surface area contributed by atoms with Crippen molar-refractivity contribution in [1.29, 1.82) is 0 Å². The zero-order chi connectivity index (χ0) is 21.3. The van der Waals surface area contributed by atoms with Gasteiger partial charge in [-0.25, -0.2) is 0 Å². The SMILES string of the molecule is O=C(N/C(=C/C=C/c1ccccc1)C(=O)N1CCCCC1)c1ccc([N+](=O)[O-])cc1. The van der Waals surface area contributed by atoms with Crippen LogP contribution in [0.3, 0.4) is 0 Å². The van der Waals surface area contributed by atoms with Crippen LogP contribution in [0, 0.1) is 10.1 Å². The van der Waals surface area contributed by atoms with Crippen molar-refractivity contribution in [3.05, 3.63) is 93.7 Å². The fourth-order valence-corrected chi connectivity index (χ4v) is 3.18.